The Bertz CT molecular complexity index is 1510. The summed E-state index contributed by atoms with van der Waals surface area (Å²) in [6, 6.07) is 15.9. The van der Waals surface area contributed by atoms with Crippen LogP contribution >= 0.6 is 11.8 Å². The molecule has 6 rings (SSSR count). The first kappa shape index (κ1) is 24.3. The Kier molecular flexibility index (Phi) is 6.89. The highest BCUT2D eigenvalue weighted by molar-refractivity contribution is 8.18. The van der Waals surface area contributed by atoms with E-state index in [-0.39, 0.29) is 11.1 Å². The Labute approximate surface area is 223 Å². The summed E-state index contributed by atoms with van der Waals surface area (Å²) in [5.41, 5.74) is 2.47. The fourth-order valence-electron chi connectivity index (χ4n) is 4.84. The van der Waals surface area contributed by atoms with E-state index in [0.717, 1.165) is 72.2 Å². The average molecular weight is 527 g/mol. The van der Waals surface area contributed by atoms with E-state index in [1.54, 1.807) is 24.6 Å². The lowest BCUT2D eigenvalue weighted by Crippen LogP contribution is -2.38. The Hall–Kier alpha value is -4.02. The molecule has 0 spiro atoms. The van der Waals surface area contributed by atoms with Crippen LogP contribution in [0.15, 0.2) is 70.3 Å². The lowest BCUT2D eigenvalue weighted by atomic mass is 9.97. The Balaban J connectivity index is 1.06. The minimum atomic E-state index is -0.385. The van der Waals surface area contributed by atoms with Crippen molar-refractivity contribution in [3.8, 4) is 11.5 Å². The van der Waals surface area contributed by atoms with Gasteiger partial charge in [0.25, 0.3) is 11.1 Å². The quantitative estimate of drug-likeness (QED) is 0.333. The number of aromatic nitrogens is 3. The number of nitrogens with zero attached hydrogens (tertiary/aromatic N) is 4. The van der Waals surface area contributed by atoms with Crippen molar-refractivity contribution in [1.29, 1.82) is 0 Å². The van der Waals surface area contributed by atoms with Gasteiger partial charge in [0.2, 0.25) is 5.95 Å². The van der Waals surface area contributed by atoms with E-state index in [2.05, 4.69) is 43.7 Å². The van der Waals surface area contributed by atoms with Gasteiger partial charge in [0, 0.05) is 31.2 Å². The van der Waals surface area contributed by atoms with Crippen molar-refractivity contribution >= 4 is 45.7 Å². The fraction of sp³-hybridized carbons (Fsp3) is 0.250. The monoisotopic (exact) mass is 526 g/mol. The number of carbonyl (C=O) groups excluding carboxylic acids is 2. The van der Waals surface area contributed by atoms with Crippen LogP contribution < -0.4 is 15.5 Å². The van der Waals surface area contributed by atoms with Crippen LogP contribution in [0.1, 0.15) is 24.2 Å². The molecule has 3 aromatic heterocycles. The molecule has 0 aliphatic carbocycles. The molecular formula is C28H26N6O3S. The highest BCUT2D eigenvalue weighted by Crippen LogP contribution is 2.27. The van der Waals surface area contributed by atoms with Crippen molar-refractivity contribution in [3.05, 3.63) is 77.3 Å². The molecule has 0 saturated carbocycles. The van der Waals surface area contributed by atoms with Crippen LogP contribution in [0.2, 0.25) is 0 Å². The molecule has 0 bridgehead atoms. The van der Waals surface area contributed by atoms with Gasteiger partial charge in [-0.05, 0) is 72.8 Å². The minimum Gasteiger partial charge on any atom is -0.463 e. The first-order chi connectivity index (χ1) is 18.6. The van der Waals surface area contributed by atoms with Crippen molar-refractivity contribution in [2.24, 2.45) is 5.92 Å². The summed E-state index contributed by atoms with van der Waals surface area (Å²) in [4.78, 5) is 39.7. The number of hydrogen-bond acceptors (Lipinski definition) is 9. The summed E-state index contributed by atoms with van der Waals surface area (Å²) in [6.45, 7) is 3.30. The number of rotatable bonds is 7. The van der Waals surface area contributed by atoms with E-state index in [1.807, 2.05) is 24.3 Å². The molecule has 10 heteroatoms. The van der Waals surface area contributed by atoms with E-state index >= 15 is 0 Å². The number of nitrogens with one attached hydrogen (secondary N) is 2. The van der Waals surface area contributed by atoms with E-state index < -0.39 is 0 Å². The van der Waals surface area contributed by atoms with Gasteiger partial charge in [-0.2, -0.15) is 0 Å². The minimum absolute atomic E-state index is 0.349. The van der Waals surface area contributed by atoms with Gasteiger partial charge in [0.1, 0.15) is 5.69 Å². The van der Waals surface area contributed by atoms with Gasteiger partial charge in [0.05, 0.1) is 22.6 Å². The van der Waals surface area contributed by atoms with Gasteiger partial charge in [-0.3, -0.25) is 14.9 Å². The van der Waals surface area contributed by atoms with Crippen LogP contribution in [-0.4, -0.2) is 45.7 Å². The van der Waals surface area contributed by atoms with Crippen LogP contribution in [0.25, 0.3) is 28.3 Å². The average Bonchev–Trinajstić information content (AvgIpc) is 3.59. The van der Waals surface area contributed by atoms with Gasteiger partial charge in [-0.15, -0.1) is 0 Å². The van der Waals surface area contributed by atoms with Crippen molar-refractivity contribution < 1.29 is 14.0 Å². The van der Waals surface area contributed by atoms with Crippen LogP contribution in [0.4, 0.5) is 10.7 Å². The predicted octanol–water partition coefficient (Wildman–Crippen LogP) is 4.61. The molecule has 2 amide bonds. The number of benzene rings is 1. The van der Waals surface area contributed by atoms with E-state index in [1.165, 1.54) is 0 Å². The summed E-state index contributed by atoms with van der Waals surface area (Å²) >= 11 is 0.888. The third-order valence-corrected chi connectivity index (χ3v) is 7.61. The van der Waals surface area contributed by atoms with Gasteiger partial charge < -0.3 is 14.6 Å². The summed E-state index contributed by atoms with van der Waals surface area (Å²) in [5.74, 6) is 1.57. The number of anilines is 1. The molecule has 2 fully saturated rings. The molecule has 38 heavy (non-hydrogen) atoms. The molecule has 1 aromatic carbocycles. The number of thioether (sulfide) groups is 1. The number of imide groups is 1. The number of piperidine rings is 1. The van der Waals surface area contributed by atoms with Crippen molar-refractivity contribution in [2.45, 2.75) is 19.4 Å². The summed E-state index contributed by atoms with van der Waals surface area (Å²) < 4.78 is 5.59. The van der Waals surface area contributed by atoms with Crippen LogP contribution in [0.5, 0.6) is 0 Å². The maximum absolute atomic E-state index is 11.8. The standard InChI is InChI=1S/C28H26N6O3S/c35-26-25(38-28(36)33-26)15-20-7-10-30-27(31-20)34-11-8-18(9-12-34)16-29-17-23-21-5-2-1-4-19(21)14-22(32-23)24-6-3-13-37-24/h1-7,10,13-15,18,29H,8-9,11-12,16-17H2,(H,33,35,36)/b25-15+. The second kappa shape index (κ2) is 10.8. The van der Waals surface area contributed by atoms with Crippen molar-refractivity contribution in [1.82, 2.24) is 25.6 Å². The molecule has 0 unspecified atom stereocenters. The fourth-order valence-corrected chi connectivity index (χ4v) is 5.50. The summed E-state index contributed by atoms with van der Waals surface area (Å²) in [6.07, 6.45) is 7.04. The van der Waals surface area contributed by atoms with E-state index in [4.69, 9.17) is 9.40 Å². The van der Waals surface area contributed by atoms with Crippen LogP contribution in [-0.2, 0) is 11.3 Å². The Morgan fingerprint density at radius 1 is 1.11 bits per heavy atom. The molecule has 5 heterocycles. The van der Waals surface area contributed by atoms with Crippen molar-refractivity contribution in [2.75, 3.05) is 24.5 Å². The van der Waals surface area contributed by atoms with Crippen molar-refractivity contribution in [3.63, 3.8) is 0 Å². The molecule has 2 aliphatic heterocycles. The molecule has 0 atom stereocenters. The number of pyridine rings is 1. The topological polar surface area (TPSA) is 113 Å². The Morgan fingerprint density at radius 2 is 1.97 bits per heavy atom. The van der Waals surface area contributed by atoms with Crippen LogP contribution in [0.3, 0.4) is 0 Å². The first-order valence-corrected chi connectivity index (χ1v) is 13.4. The number of amides is 2. The highest BCUT2D eigenvalue weighted by Gasteiger charge is 2.26. The van der Waals surface area contributed by atoms with E-state index in [9.17, 15) is 9.59 Å². The maximum atomic E-state index is 11.8. The number of fused-ring (bicyclic) bond motifs is 1. The zero-order valence-corrected chi connectivity index (χ0v) is 21.4. The SMILES string of the molecule is O=C1NC(=O)/C(=C\c2ccnc(N3CCC(CNCc4nc(-c5ccco5)cc5ccccc45)CC3)n2)S1. The Morgan fingerprint density at radius 3 is 2.76 bits per heavy atom. The smallest absolute Gasteiger partial charge is 0.290 e. The number of carbonyl (C=O) groups is 2. The summed E-state index contributed by atoms with van der Waals surface area (Å²) in [7, 11) is 0. The van der Waals surface area contributed by atoms with Gasteiger partial charge in [0.15, 0.2) is 5.76 Å². The molecular weight excluding hydrogens is 500 g/mol. The second-order valence-corrected chi connectivity index (χ2v) is 10.4. The molecule has 2 N–H and O–H groups in total. The first-order valence-electron chi connectivity index (χ1n) is 12.6. The molecule has 0 radical (unpaired) electrons. The predicted molar refractivity (Wildman–Crippen MR) is 147 cm³/mol. The summed E-state index contributed by atoms with van der Waals surface area (Å²) in [5, 5.41) is 7.83. The largest absolute Gasteiger partial charge is 0.463 e. The number of furan rings is 1. The second-order valence-electron chi connectivity index (χ2n) is 9.35. The lowest BCUT2D eigenvalue weighted by Gasteiger charge is -2.32. The zero-order chi connectivity index (χ0) is 25.9. The molecule has 192 valence electrons. The van der Waals surface area contributed by atoms with Gasteiger partial charge >= 0.3 is 0 Å². The molecule has 4 aromatic rings. The third-order valence-electron chi connectivity index (χ3n) is 6.80. The normalized spacial score (nSPS) is 17.5. The highest BCUT2D eigenvalue weighted by atomic mass is 32.2. The molecule has 2 saturated heterocycles. The lowest BCUT2D eigenvalue weighted by molar-refractivity contribution is -0.115. The van der Waals surface area contributed by atoms with E-state index in [0.29, 0.717) is 29.0 Å². The van der Waals surface area contributed by atoms with Crippen LogP contribution in [0, 0.1) is 5.92 Å². The number of hydrogen-bond donors (Lipinski definition) is 2. The molecule has 9 nitrogen and oxygen atoms in total. The maximum Gasteiger partial charge on any atom is 0.290 e. The third kappa shape index (κ3) is 5.32. The zero-order valence-electron chi connectivity index (χ0n) is 20.6. The van der Waals surface area contributed by atoms with Gasteiger partial charge in [-0.25, -0.2) is 15.0 Å². The molecule has 2 aliphatic rings. The van der Waals surface area contributed by atoms with Gasteiger partial charge in [-0.1, -0.05) is 24.3 Å².